The summed E-state index contributed by atoms with van der Waals surface area (Å²) >= 11 is 0. The molecule has 4 aliphatic carbocycles. The summed E-state index contributed by atoms with van der Waals surface area (Å²) in [5.41, 5.74) is 1.76. The predicted octanol–water partition coefficient (Wildman–Crippen LogP) is 6.12. The van der Waals surface area contributed by atoms with E-state index in [9.17, 15) is 19.5 Å². The highest BCUT2D eigenvalue weighted by Crippen LogP contribution is 2.88. The molecule has 35 heavy (non-hydrogen) atoms. The maximum absolute atomic E-state index is 12.6. The van der Waals surface area contributed by atoms with Crippen LogP contribution in [0.4, 0.5) is 0 Å². The Morgan fingerprint density at radius 2 is 2.00 bits per heavy atom. The molecule has 5 fully saturated rings. The number of aldehydes is 1. The lowest BCUT2D eigenvalue weighted by atomic mass is 9.43. The number of carbonyl (C=O) groups excluding carboxylic acids is 2. The summed E-state index contributed by atoms with van der Waals surface area (Å²) in [6.07, 6.45) is 12.3. The minimum absolute atomic E-state index is 0.0116. The fraction of sp³-hybridized carbons (Fsp3) is 0.767. The van der Waals surface area contributed by atoms with Gasteiger partial charge in [0.25, 0.3) is 0 Å². The molecule has 5 heteroatoms. The number of allylic oxidation sites excluding steroid dienone is 2. The van der Waals surface area contributed by atoms with Gasteiger partial charge in [0, 0.05) is 17.9 Å². The molecule has 3 unspecified atom stereocenters. The summed E-state index contributed by atoms with van der Waals surface area (Å²) in [5.74, 6) is 0.652. The van der Waals surface area contributed by atoms with Gasteiger partial charge in [-0.3, -0.25) is 9.59 Å². The van der Waals surface area contributed by atoms with E-state index < -0.39 is 5.97 Å². The summed E-state index contributed by atoms with van der Waals surface area (Å²) in [4.78, 5) is 35.2. The van der Waals surface area contributed by atoms with E-state index in [1.165, 1.54) is 19.3 Å². The van der Waals surface area contributed by atoms with Gasteiger partial charge in [-0.2, -0.15) is 0 Å². The van der Waals surface area contributed by atoms with E-state index in [2.05, 4.69) is 33.4 Å². The smallest absolute Gasteiger partial charge is 0.334 e. The fourth-order valence-corrected chi connectivity index (χ4v) is 10.3. The monoisotopic (exact) mass is 482 g/mol. The molecule has 0 radical (unpaired) electrons. The number of carbonyl (C=O) groups is 3. The molecule has 1 heterocycles. The second kappa shape index (κ2) is 8.05. The van der Waals surface area contributed by atoms with E-state index in [0.717, 1.165) is 44.0 Å². The second-order valence-electron chi connectivity index (χ2n) is 13.2. The van der Waals surface area contributed by atoms with Gasteiger partial charge in [0.15, 0.2) is 0 Å². The highest BCUT2D eigenvalue weighted by atomic mass is 16.6. The van der Waals surface area contributed by atoms with Crippen molar-refractivity contribution in [1.29, 1.82) is 0 Å². The average Bonchev–Trinajstić information content (AvgIpc) is 3.27. The third-order valence-electron chi connectivity index (χ3n) is 12.2. The van der Waals surface area contributed by atoms with Gasteiger partial charge in [0.05, 0.1) is 0 Å². The molecule has 5 nitrogen and oxygen atoms in total. The summed E-state index contributed by atoms with van der Waals surface area (Å²) < 4.78 is 5.92. The number of ether oxygens (including phenoxy) is 1. The molecule has 1 saturated heterocycles. The molecule has 1 spiro atoms. The lowest BCUT2D eigenvalue weighted by Gasteiger charge is -2.61. The van der Waals surface area contributed by atoms with Crippen molar-refractivity contribution in [2.24, 2.45) is 45.3 Å². The molecule has 1 N–H and O–H groups in total. The van der Waals surface area contributed by atoms with Crippen molar-refractivity contribution >= 4 is 18.2 Å². The summed E-state index contributed by atoms with van der Waals surface area (Å²) in [6, 6.07) is 0. The fourth-order valence-electron chi connectivity index (χ4n) is 10.3. The molecule has 0 aromatic rings. The normalized spacial score (nSPS) is 46.7. The lowest BCUT2D eigenvalue weighted by molar-refractivity contribution is -0.158. The number of rotatable bonds is 8. The number of aliphatic carboxylic acids is 1. The van der Waals surface area contributed by atoms with Crippen molar-refractivity contribution in [3.8, 4) is 0 Å². The van der Waals surface area contributed by atoms with Gasteiger partial charge in [-0.1, -0.05) is 33.4 Å². The first-order valence-electron chi connectivity index (χ1n) is 13.7. The van der Waals surface area contributed by atoms with Crippen LogP contribution in [0.5, 0.6) is 0 Å². The van der Waals surface area contributed by atoms with Crippen LogP contribution in [0, 0.1) is 45.3 Å². The summed E-state index contributed by atoms with van der Waals surface area (Å²) in [5, 5.41) is 9.54. The van der Waals surface area contributed by atoms with Gasteiger partial charge in [-0.25, -0.2) is 4.79 Å². The van der Waals surface area contributed by atoms with Crippen LogP contribution in [-0.4, -0.2) is 29.4 Å². The molecule has 9 atom stereocenters. The average molecular weight is 483 g/mol. The van der Waals surface area contributed by atoms with Gasteiger partial charge < -0.3 is 9.84 Å². The molecule has 5 aliphatic rings. The van der Waals surface area contributed by atoms with Gasteiger partial charge >= 0.3 is 11.9 Å². The van der Waals surface area contributed by atoms with Crippen LogP contribution in [0.25, 0.3) is 0 Å². The maximum atomic E-state index is 12.6. The number of carboxylic acids is 1. The van der Waals surface area contributed by atoms with Crippen LogP contribution < -0.4 is 0 Å². The number of fused-ring (bicyclic) bond motifs is 4. The molecule has 0 bridgehead atoms. The van der Waals surface area contributed by atoms with Crippen LogP contribution in [0.2, 0.25) is 0 Å². The van der Waals surface area contributed by atoms with Crippen molar-refractivity contribution in [3.63, 3.8) is 0 Å². The Kier molecular flexibility index (Phi) is 5.69. The third-order valence-corrected chi connectivity index (χ3v) is 12.2. The van der Waals surface area contributed by atoms with Crippen molar-refractivity contribution in [2.45, 2.75) is 98.0 Å². The maximum Gasteiger partial charge on any atom is 0.334 e. The van der Waals surface area contributed by atoms with E-state index >= 15 is 0 Å². The number of carboxylic acid groups (broad SMARTS) is 1. The predicted molar refractivity (Wildman–Crippen MR) is 133 cm³/mol. The zero-order valence-electron chi connectivity index (χ0n) is 21.9. The Labute approximate surface area is 209 Å². The zero-order valence-corrected chi connectivity index (χ0v) is 21.9. The number of esters is 1. The molecule has 1 aliphatic heterocycles. The van der Waals surface area contributed by atoms with Crippen molar-refractivity contribution in [2.75, 3.05) is 0 Å². The van der Waals surface area contributed by atoms with E-state index in [-0.39, 0.29) is 46.1 Å². The largest absolute Gasteiger partial charge is 0.481 e. The Morgan fingerprint density at radius 3 is 2.69 bits per heavy atom. The van der Waals surface area contributed by atoms with E-state index in [1.807, 2.05) is 6.92 Å². The summed E-state index contributed by atoms with van der Waals surface area (Å²) in [6.45, 7) is 13.4. The van der Waals surface area contributed by atoms with Crippen LogP contribution in [0.15, 0.2) is 23.8 Å². The lowest BCUT2D eigenvalue weighted by Crippen LogP contribution is -2.56. The quantitative estimate of drug-likeness (QED) is 0.256. The van der Waals surface area contributed by atoms with Crippen LogP contribution in [0.3, 0.4) is 0 Å². The van der Waals surface area contributed by atoms with Crippen LogP contribution in [0.1, 0.15) is 91.9 Å². The second-order valence-corrected chi connectivity index (χ2v) is 13.2. The molecular formula is C30H42O5. The number of hydrogen-bond donors (Lipinski definition) is 1. The van der Waals surface area contributed by atoms with Gasteiger partial charge in [0.1, 0.15) is 12.4 Å². The molecular weight excluding hydrogens is 440 g/mol. The zero-order chi connectivity index (χ0) is 25.4. The molecule has 4 saturated carbocycles. The van der Waals surface area contributed by atoms with Crippen molar-refractivity contribution in [1.82, 2.24) is 0 Å². The first kappa shape index (κ1) is 24.8. The van der Waals surface area contributed by atoms with Crippen LogP contribution >= 0.6 is 0 Å². The molecule has 192 valence electrons. The Bertz CT molecular complexity index is 997. The molecule has 0 aromatic heterocycles. The Morgan fingerprint density at radius 1 is 1.26 bits per heavy atom. The minimum Gasteiger partial charge on any atom is -0.481 e. The Hall–Kier alpha value is -1.91. The van der Waals surface area contributed by atoms with E-state index in [1.54, 1.807) is 0 Å². The van der Waals surface area contributed by atoms with Crippen molar-refractivity contribution in [3.05, 3.63) is 23.8 Å². The topological polar surface area (TPSA) is 80.7 Å². The SMILES string of the molecule is C=C1C(=O)OC2C[C@@H]3[C@]4(CC[C@]5(C)[C@H](C(C)CCC=C(C)C=O)CC[C@@]35C)C[C@]4(CCC(=O)O)C12. The third kappa shape index (κ3) is 3.21. The molecule has 5 rings (SSSR count). The first-order chi connectivity index (χ1) is 16.5. The van der Waals surface area contributed by atoms with Gasteiger partial charge in [-0.15, -0.1) is 0 Å². The molecule has 0 aromatic carbocycles. The van der Waals surface area contributed by atoms with Crippen LogP contribution in [-0.2, 0) is 19.1 Å². The van der Waals surface area contributed by atoms with E-state index in [0.29, 0.717) is 29.7 Å². The minimum atomic E-state index is -0.753. The van der Waals surface area contributed by atoms with Gasteiger partial charge in [0.2, 0.25) is 0 Å². The highest BCUT2D eigenvalue weighted by Gasteiger charge is 2.83. The molecule has 0 amide bonds. The number of hydrogen-bond acceptors (Lipinski definition) is 4. The standard InChI is InChI=1S/C30H42O5/c1-18(16-31)7-6-8-19(2)21-9-11-28(5)23-15-22-25(20(3)26(34)35-22)30(12-10-24(32)33)17-29(23,30)14-13-27(21,28)4/h7,16,19,21-23,25H,3,6,8-15,17H2,1-2,4-5H3,(H,32,33)/t19?,21-,22?,23-,25?,27+,28-,29-,30+/m0/s1. The summed E-state index contributed by atoms with van der Waals surface area (Å²) in [7, 11) is 0. The van der Waals surface area contributed by atoms with Crippen molar-refractivity contribution < 1.29 is 24.2 Å². The first-order valence-corrected chi connectivity index (χ1v) is 13.7. The highest BCUT2D eigenvalue weighted by molar-refractivity contribution is 5.91. The van der Waals surface area contributed by atoms with Gasteiger partial charge in [-0.05, 0) is 110 Å². The van der Waals surface area contributed by atoms with E-state index in [4.69, 9.17) is 4.74 Å². The Balaban J connectivity index is 1.44.